The van der Waals surface area contributed by atoms with Crippen LogP contribution in [0.25, 0.3) is 0 Å². The third-order valence-electron chi connectivity index (χ3n) is 1.52. The summed E-state index contributed by atoms with van der Waals surface area (Å²) >= 11 is 5.84. The average molecular weight is 217 g/mol. The maximum absolute atomic E-state index is 9.25. The number of hydrogen-bond donors (Lipinski definition) is 1. The standard InChI is InChI=1S/C11H17ClO2/c1-4-6-10(9(3)12)7-8-11(13)14-5-2/h4,6-8,11,13H,5H2,1-3H3/b6-4-,8-7+,10-9-. The van der Waals surface area contributed by atoms with Gasteiger partial charge in [-0.15, -0.1) is 0 Å². The Labute approximate surface area is 90.5 Å². The van der Waals surface area contributed by atoms with Crippen LogP contribution in [0.4, 0.5) is 0 Å². The quantitative estimate of drug-likeness (QED) is 0.566. The second-order valence-electron chi connectivity index (χ2n) is 2.69. The first kappa shape index (κ1) is 13.4. The Morgan fingerprint density at radius 3 is 2.57 bits per heavy atom. The second kappa shape index (κ2) is 7.80. The largest absolute Gasteiger partial charge is 0.365 e. The summed E-state index contributed by atoms with van der Waals surface area (Å²) in [6.45, 7) is 6.02. The monoisotopic (exact) mass is 216 g/mol. The zero-order valence-electron chi connectivity index (χ0n) is 8.83. The lowest BCUT2D eigenvalue weighted by Crippen LogP contribution is -2.07. The molecule has 0 aliphatic carbocycles. The number of hydrogen-bond acceptors (Lipinski definition) is 2. The molecule has 0 bridgehead atoms. The highest BCUT2D eigenvalue weighted by molar-refractivity contribution is 6.29. The SMILES string of the molecule is C\C=C/C(/C=C/C(O)OCC)=C(\C)Cl. The smallest absolute Gasteiger partial charge is 0.174 e. The number of aliphatic hydroxyl groups is 1. The van der Waals surface area contributed by atoms with Crippen LogP contribution in [0, 0.1) is 0 Å². The fourth-order valence-electron chi connectivity index (χ4n) is 0.877. The van der Waals surface area contributed by atoms with E-state index < -0.39 is 6.29 Å². The van der Waals surface area contributed by atoms with Gasteiger partial charge in [-0.05, 0) is 32.4 Å². The summed E-state index contributed by atoms with van der Waals surface area (Å²) in [7, 11) is 0. The van der Waals surface area contributed by atoms with E-state index in [0.717, 1.165) is 5.57 Å². The molecule has 1 unspecified atom stereocenters. The van der Waals surface area contributed by atoms with Crippen molar-refractivity contribution in [3.63, 3.8) is 0 Å². The van der Waals surface area contributed by atoms with Crippen molar-refractivity contribution in [3.05, 3.63) is 34.9 Å². The van der Waals surface area contributed by atoms with Crippen molar-refractivity contribution >= 4 is 11.6 Å². The van der Waals surface area contributed by atoms with Gasteiger partial charge in [0.2, 0.25) is 0 Å². The summed E-state index contributed by atoms with van der Waals surface area (Å²) in [5, 5.41) is 9.93. The molecule has 0 fully saturated rings. The van der Waals surface area contributed by atoms with Crippen molar-refractivity contribution in [2.24, 2.45) is 0 Å². The molecule has 0 aromatic carbocycles. The highest BCUT2D eigenvalue weighted by atomic mass is 35.5. The van der Waals surface area contributed by atoms with Gasteiger partial charge in [0.25, 0.3) is 0 Å². The molecule has 0 aromatic heterocycles. The van der Waals surface area contributed by atoms with Gasteiger partial charge < -0.3 is 9.84 Å². The number of aliphatic hydroxyl groups excluding tert-OH is 1. The summed E-state index contributed by atoms with van der Waals surface area (Å²) in [6.07, 6.45) is 6.19. The minimum atomic E-state index is -0.865. The van der Waals surface area contributed by atoms with Gasteiger partial charge in [-0.1, -0.05) is 29.8 Å². The molecule has 0 aliphatic heterocycles. The van der Waals surface area contributed by atoms with E-state index in [1.165, 1.54) is 0 Å². The van der Waals surface area contributed by atoms with Crippen LogP contribution in [-0.4, -0.2) is 18.0 Å². The summed E-state index contributed by atoms with van der Waals surface area (Å²) in [6, 6.07) is 0. The third-order valence-corrected chi connectivity index (χ3v) is 1.74. The first-order valence-corrected chi connectivity index (χ1v) is 4.96. The predicted molar refractivity (Wildman–Crippen MR) is 60.1 cm³/mol. The molecule has 0 spiro atoms. The van der Waals surface area contributed by atoms with Gasteiger partial charge in [-0.3, -0.25) is 0 Å². The van der Waals surface area contributed by atoms with Crippen molar-refractivity contribution in [1.29, 1.82) is 0 Å². The maximum atomic E-state index is 9.25. The molecule has 0 aliphatic rings. The Kier molecular flexibility index (Phi) is 7.48. The van der Waals surface area contributed by atoms with E-state index in [2.05, 4.69) is 0 Å². The molecule has 2 nitrogen and oxygen atoms in total. The third kappa shape index (κ3) is 5.97. The van der Waals surface area contributed by atoms with Gasteiger partial charge in [0.15, 0.2) is 6.29 Å². The molecule has 0 aromatic rings. The Morgan fingerprint density at radius 1 is 1.50 bits per heavy atom. The first-order valence-electron chi connectivity index (χ1n) is 4.58. The molecule has 0 radical (unpaired) electrons. The van der Waals surface area contributed by atoms with Crippen molar-refractivity contribution in [2.75, 3.05) is 6.61 Å². The van der Waals surface area contributed by atoms with E-state index in [1.54, 1.807) is 19.1 Å². The van der Waals surface area contributed by atoms with Crippen molar-refractivity contribution < 1.29 is 9.84 Å². The van der Waals surface area contributed by atoms with E-state index in [4.69, 9.17) is 16.3 Å². The lowest BCUT2D eigenvalue weighted by molar-refractivity contribution is -0.0587. The van der Waals surface area contributed by atoms with Crippen LogP contribution in [-0.2, 0) is 4.74 Å². The van der Waals surface area contributed by atoms with Crippen molar-refractivity contribution in [1.82, 2.24) is 0 Å². The summed E-state index contributed by atoms with van der Waals surface area (Å²) in [4.78, 5) is 0. The van der Waals surface area contributed by atoms with E-state index >= 15 is 0 Å². The van der Waals surface area contributed by atoms with Gasteiger partial charge in [0, 0.05) is 11.6 Å². The molecule has 0 heterocycles. The maximum Gasteiger partial charge on any atom is 0.174 e. The molecular weight excluding hydrogens is 200 g/mol. The number of allylic oxidation sites excluding steroid dienone is 5. The zero-order chi connectivity index (χ0) is 11.0. The zero-order valence-corrected chi connectivity index (χ0v) is 9.58. The topological polar surface area (TPSA) is 29.5 Å². The molecule has 1 atom stereocenters. The number of rotatable bonds is 5. The fraction of sp³-hybridized carbons (Fsp3) is 0.455. The molecular formula is C11H17ClO2. The minimum Gasteiger partial charge on any atom is -0.365 e. The normalized spacial score (nSPS) is 16.4. The molecule has 80 valence electrons. The fourth-order valence-corrected chi connectivity index (χ4v) is 1.00. The van der Waals surface area contributed by atoms with Crippen LogP contribution < -0.4 is 0 Å². The molecule has 3 heteroatoms. The Balaban J connectivity index is 4.38. The molecule has 0 rings (SSSR count). The van der Waals surface area contributed by atoms with Crippen LogP contribution in [0.3, 0.4) is 0 Å². The number of halogens is 1. The number of ether oxygens (including phenoxy) is 1. The van der Waals surface area contributed by atoms with Crippen LogP contribution in [0.2, 0.25) is 0 Å². The van der Waals surface area contributed by atoms with Gasteiger partial charge >= 0.3 is 0 Å². The van der Waals surface area contributed by atoms with Gasteiger partial charge in [-0.2, -0.15) is 0 Å². The van der Waals surface area contributed by atoms with Crippen LogP contribution in [0.1, 0.15) is 20.8 Å². The lowest BCUT2D eigenvalue weighted by Gasteiger charge is -2.04. The van der Waals surface area contributed by atoms with Crippen LogP contribution in [0.5, 0.6) is 0 Å². The molecule has 0 saturated carbocycles. The van der Waals surface area contributed by atoms with E-state index in [1.807, 2.05) is 26.0 Å². The van der Waals surface area contributed by atoms with Crippen molar-refractivity contribution in [3.8, 4) is 0 Å². The second-order valence-corrected chi connectivity index (χ2v) is 3.26. The first-order chi connectivity index (χ1) is 6.61. The Bertz CT molecular complexity index is 238. The van der Waals surface area contributed by atoms with Gasteiger partial charge in [0.1, 0.15) is 0 Å². The summed E-state index contributed by atoms with van der Waals surface area (Å²) in [5.41, 5.74) is 0.868. The van der Waals surface area contributed by atoms with Crippen LogP contribution in [0.15, 0.2) is 34.9 Å². The van der Waals surface area contributed by atoms with E-state index in [9.17, 15) is 5.11 Å². The van der Waals surface area contributed by atoms with Crippen molar-refractivity contribution in [2.45, 2.75) is 27.1 Å². The Hall–Kier alpha value is -0.570. The molecule has 0 saturated heterocycles. The highest BCUT2D eigenvalue weighted by Gasteiger charge is 1.96. The highest BCUT2D eigenvalue weighted by Crippen LogP contribution is 2.11. The van der Waals surface area contributed by atoms with E-state index in [0.29, 0.717) is 11.6 Å². The Morgan fingerprint density at radius 2 is 2.14 bits per heavy atom. The predicted octanol–water partition coefficient (Wildman–Crippen LogP) is 2.99. The van der Waals surface area contributed by atoms with Crippen LogP contribution >= 0.6 is 11.6 Å². The molecule has 0 amide bonds. The lowest BCUT2D eigenvalue weighted by atomic mass is 10.2. The van der Waals surface area contributed by atoms with Gasteiger partial charge in [-0.25, -0.2) is 0 Å². The van der Waals surface area contributed by atoms with E-state index in [-0.39, 0.29) is 0 Å². The minimum absolute atomic E-state index is 0.480. The average Bonchev–Trinajstić information content (AvgIpc) is 2.12. The molecule has 1 N–H and O–H groups in total. The van der Waals surface area contributed by atoms with Gasteiger partial charge in [0.05, 0.1) is 0 Å². The summed E-state index contributed by atoms with van der Waals surface area (Å²) in [5.74, 6) is 0. The molecule has 14 heavy (non-hydrogen) atoms. The summed E-state index contributed by atoms with van der Waals surface area (Å²) < 4.78 is 4.93.